The van der Waals surface area contributed by atoms with Crippen LogP contribution in [-0.2, 0) is 4.79 Å². The predicted molar refractivity (Wildman–Crippen MR) is 73.7 cm³/mol. The molecule has 0 spiro atoms. The van der Waals surface area contributed by atoms with Gasteiger partial charge in [-0.15, -0.1) is 0 Å². The Labute approximate surface area is 108 Å². The predicted octanol–water partition coefficient (Wildman–Crippen LogP) is 3.08. The van der Waals surface area contributed by atoms with Crippen molar-refractivity contribution >= 4 is 38.8 Å². The first-order valence-electron chi connectivity index (χ1n) is 5.35. The van der Waals surface area contributed by atoms with Crippen LogP contribution in [0.2, 0.25) is 0 Å². The van der Waals surface area contributed by atoms with Gasteiger partial charge in [0.1, 0.15) is 0 Å². The Morgan fingerprint density at radius 3 is 3.12 bits per heavy atom. The average molecular weight is 293 g/mol. The molecule has 0 aliphatic rings. The fraction of sp³-hybridized carbons (Fsp3) is 0.154. The lowest BCUT2D eigenvalue weighted by Gasteiger charge is -1.97. The molecular weight excluding hydrogens is 280 g/mol. The maximum Gasteiger partial charge on any atom is 0.217 e. The van der Waals surface area contributed by atoms with Crippen molar-refractivity contribution in [2.24, 2.45) is 0 Å². The highest BCUT2D eigenvalue weighted by atomic mass is 79.9. The minimum absolute atomic E-state index is 0.0187. The summed E-state index contributed by atoms with van der Waals surface area (Å²) in [4.78, 5) is 13.9. The van der Waals surface area contributed by atoms with Crippen LogP contribution < -0.4 is 5.32 Å². The van der Waals surface area contributed by atoms with Crippen LogP contribution in [0.25, 0.3) is 17.0 Å². The number of benzene rings is 1. The van der Waals surface area contributed by atoms with Crippen molar-refractivity contribution in [2.75, 3.05) is 6.54 Å². The van der Waals surface area contributed by atoms with Crippen molar-refractivity contribution in [1.82, 2.24) is 10.3 Å². The second-order valence-corrected chi connectivity index (χ2v) is 4.60. The summed E-state index contributed by atoms with van der Waals surface area (Å²) in [6.07, 6.45) is 5.89. The Morgan fingerprint density at radius 1 is 1.53 bits per heavy atom. The molecule has 2 N–H and O–H groups in total. The molecular formula is C13H13BrN2O. The van der Waals surface area contributed by atoms with E-state index in [1.54, 1.807) is 0 Å². The first-order chi connectivity index (χ1) is 8.18. The standard InChI is InChI=1S/C13H13BrN2O/c1-9(17)15-7-3-4-10-8-16-12-6-2-5-11(14)13(10)12/h2-6,8,16H,7H2,1H3,(H,15,17). The summed E-state index contributed by atoms with van der Waals surface area (Å²) in [6, 6.07) is 6.04. The van der Waals surface area contributed by atoms with Crippen LogP contribution in [-0.4, -0.2) is 17.4 Å². The molecule has 0 saturated carbocycles. The van der Waals surface area contributed by atoms with E-state index in [1.165, 1.54) is 6.92 Å². The number of aromatic amines is 1. The molecule has 0 saturated heterocycles. The van der Waals surface area contributed by atoms with E-state index in [4.69, 9.17) is 0 Å². The van der Waals surface area contributed by atoms with Gasteiger partial charge in [-0.05, 0) is 12.1 Å². The SMILES string of the molecule is CC(=O)NCC=Cc1c[nH]c2cccc(Br)c12. The largest absolute Gasteiger partial charge is 0.361 e. The number of nitrogens with one attached hydrogen (secondary N) is 2. The Morgan fingerprint density at radius 2 is 2.35 bits per heavy atom. The normalized spacial score (nSPS) is 11.2. The molecule has 1 heterocycles. The van der Waals surface area contributed by atoms with Gasteiger partial charge in [0.05, 0.1) is 0 Å². The second kappa shape index (κ2) is 5.19. The van der Waals surface area contributed by atoms with Crippen molar-refractivity contribution < 1.29 is 4.79 Å². The van der Waals surface area contributed by atoms with E-state index >= 15 is 0 Å². The number of rotatable bonds is 3. The average Bonchev–Trinajstić information content (AvgIpc) is 2.69. The highest BCUT2D eigenvalue weighted by Crippen LogP contribution is 2.27. The number of fused-ring (bicyclic) bond motifs is 1. The zero-order chi connectivity index (χ0) is 12.3. The van der Waals surface area contributed by atoms with Gasteiger partial charge < -0.3 is 10.3 Å². The molecule has 0 atom stereocenters. The molecule has 2 rings (SSSR count). The highest BCUT2D eigenvalue weighted by molar-refractivity contribution is 9.10. The zero-order valence-electron chi connectivity index (χ0n) is 9.46. The summed E-state index contributed by atoms with van der Waals surface area (Å²) >= 11 is 3.54. The van der Waals surface area contributed by atoms with Gasteiger partial charge in [0.25, 0.3) is 0 Å². The van der Waals surface area contributed by atoms with E-state index < -0.39 is 0 Å². The Balaban J connectivity index is 2.22. The van der Waals surface area contributed by atoms with Gasteiger partial charge in [-0.1, -0.05) is 34.1 Å². The Hall–Kier alpha value is -1.55. The molecule has 17 heavy (non-hydrogen) atoms. The lowest BCUT2D eigenvalue weighted by atomic mass is 10.1. The fourth-order valence-electron chi connectivity index (χ4n) is 1.69. The molecule has 4 heteroatoms. The quantitative estimate of drug-likeness (QED) is 0.897. The monoisotopic (exact) mass is 292 g/mol. The van der Waals surface area contributed by atoms with Gasteiger partial charge in [-0.2, -0.15) is 0 Å². The van der Waals surface area contributed by atoms with Crippen LogP contribution in [0.4, 0.5) is 0 Å². The third kappa shape index (κ3) is 2.77. The maximum atomic E-state index is 10.7. The molecule has 0 aliphatic carbocycles. The van der Waals surface area contributed by atoms with Gasteiger partial charge in [-0.3, -0.25) is 4.79 Å². The fourth-order valence-corrected chi connectivity index (χ4v) is 2.28. The van der Waals surface area contributed by atoms with E-state index in [2.05, 4.69) is 26.2 Å². The molecule has 0 bridgehead atoms. The van der Waals surface area contributed by atoms with Crippen LogP contribution >= 0.6 is 15.9 Å². The summed E-state index contributed by atoms with van der Waals surface area (Å²) < 4.78 is 1.07. The molecule has 1 aromatic heterocycles. The summed E-state index contributed by atoms with van der Waals surface area (Å²) in [5, 5.41) is 3.88. The number of hydrogen-bond acceptors (Lipinski definition) is 1. The topological polar surface area (TPSA) is 44.9 Å². The molecule has 1 amide bonds. The summed E-state index contributed by atoms with van der Waals surface area (Å²) in [5.74, 6) is -0.0187. The number of H-pyrrole nitrogens is 1. The van der Waals surface area contributed by atoms with Gasteiger partial charge in [0.2, 0.25) is 5.91 Å². The van der Waals surface area contributed by atoms with Crippen LogP contribution in [0.15, 0.2) is 34.9 Å². The van der Waals surface area contributed by atoms with Crippen LogP contribution in [0.5, 0.6) is 0 Å². The van der Waals surface area contributed by atoms with Crippen LogP contribution in [0, 0.1) is 0 Å². The number of carbonyl (C=O) groups excluding carboxylic acids is 1. The molecule has 3 nitrogen and oxygen atoms in total. The maximum absolute atomic E-state index is 10.7. The van der Waals surface area contributed by atoms with E-state index in [-0.39, 0.29) is 5.91 Å². The minimum Gasteiger partial charge on any atom is -0.361 e. The van der Waals surface area contributed by atoms with Crippen molar-refractivity contribution in [3.8, 4) is 0 Å². The third-order valence-electron chi connectivity index (χ3n) is 2.45. The number of amides is 1. The van der Waals surface area contributed by atoms with Gasteiger partial charge in [-0.25, -0.2) is 0 Å². The Kier molecular flexibility index (Phi) is 3.64. The zero-order valence-corrected chi connectivity index (χ0v) is 11.0. The summed E-state index contributed by atoms with van der Waals surface area (Å²) in [7, 11) is 0. The lowest BCUT2D eigenvalue weighted by Crippen LogP contribution is -2.19. The van der Waals surface area contributed by atoms with Gasteiger partial charge in [0, 0.05) is 40.6 Å². The van der Waals surface area contributed by atoms with Gasteiger partial charge in [0.15, 0.2) is 0 Å². The highest BCUT2D eigenvalue weighted by Gasteiger charge is 2.03. The molecule has 2 aromatic rings. The third-order valence-corrected chi connectivity index (χ3v) is 3.11. The molecule has 0 fully saturated rings. The van der Waals surface area contributed by atoms with Crippen molar-refractivity contribution in [1.29, 1.82) is 0 Å². The Bertz CT molecular complexity index is 572. The first-order valence-corrected chi connectivity index (χ1v) is 6.14. The summed E-state index contributed by atoms with van der Waals surface area (Å²) in [6.45, 7) is 2.06. The molecule has 0 unspecified atom stereocenters. The van der Waals surface area contributed by atoms with Crippen molar-refractivity contribution in [3.63, 3.8) is 0 Å². The first kappa shape index (κ1) is 11.9. The van der Waals surface area contributed by atoms with E-state index in [0.29, 0.717) is 6.54 Å². The molecule has 1 aromatic carbocycles. The number of carbonyl (C=O) groups is 1. The minimum atomic E-state index is -0.0187. The molecule has 88 valence electrons. The second-order valence-electron chi connectivity index (χ2n) is 3.75. The molecule has 0 radical (unpaired) electrons. The van der Waals surface area contributed by atoms with Crippen LogP contribution in [0.3, 0.4) is 0 Å². The van der Waals surface area contributed by atoms with E-state index in [1.807, 2.05) is 36.5 Å². The van der Waals surface area contributed by atoms with Gasteiger partial charge >= 0.3 is 0 Å². The number of aromatic nitrogens is 1. The van der Waals surface area contributed by atoms with Crippen molar-refractivity contribution in [2.45, 2.75) is 6.92 Å². The van der Waals surface area contributed by atoms with Crippen LogP contribution in [0.1, 0.15) is 12.5 Å². The van der Waals surface area contributed by atoms with E-state index in [0.717, 1.165) is 20.9 Å². The molecule has 0 aliphatic heterocycles. The number of hydrogen-bond donors (Lipinski definition) is 2. The number of halogens is 1. The lowest BCUT2D eigenvalue weighted by molar-refractivity contribution is -0.118. The van der Waals surface area contributed by atoms with E-state index in [9.17, 15) is 4.79 Å². The summed E-state index contributed by atoms with van der Waals surface area (Å²) in [5.41, 5.74) is 2.20. The smallest absolute Gasteiger partial charge is 0.217 e. The van der Waals surface area contributed by atoms with Crippen molar-refractivity contribution in [3.05, 3.63) is 40.5 Å².